The van der Waals surface area contributed by atoms with Crippen molar-refractivity contribution in [3.63, 3.8) is 0 Å². The first kappa shape index (κ1) is 14.4. The Kier molecular flexibility index (Phi) is 4.80. The average molecular weight is 302 g/mol. The molecule has 1 aliphatic carbocycles. The van der Waals surface area contributed by atoms with E-state index < -0.39 is 0 Å². The smallest absolute Gasteiger partial charge is 0.188 e. The highest BCUT2D eigenvalue weighted by molar-refractivity contribution is 7.99. The summed E-state index contributed by atoms with van der Waals surface area (Å²) in [5.41, 5.74) is 1.22. The van der Waals surface area contributed by atoms with Crippen molar-refractivity contribution in [3.05, 3.63) is 30.6 Å². The van der Waals surface area contributed by atoms with Gasteiger partial charge in [0.15, 0.2) is 5.16 Å². The Morgan fingerprint density at radius 3 is 2.76 bits per heavy atom. The van der Waals surface area contributed by atoms with Crippen LogP contribution >= 0.6 is 11.8 Å². The first-order chi connectivity index (χ1) is 10.3. The number of aromatic amines is 1. The van der Waals surface area contributed by atoms with Crippen molar-refractivity contribution in [1.29, 1.82) is 0 Å². The van der Waals surface area contributed by atoms with Crippen molar-refractivity contribution in [2.75, 3.05) is 5.32 Å². The van der Waals surface area contributed by atoms with Gasteiger partial charge in [-0.3, -0.25) is 5.10 Å². The molecule has 112 valence electrons. The summed E-state index contributed by atoms with van der Waals surface area (Å²) < 4.78 is 0. The van der Waals surface area contributed by atoms with Crippen LogP contribution in [0.4, 0.5) is 5.69 Å². The molecule has 0 amide bonds. The number of rotatable bonds is 5. The fourth-order valence-electron chi connectivity index (χ4n) is 3.07. The molecular weight excluding hydrogens is 280 g/mol. The second-order valence-corrected chi connectivity index (χ2v) is 6.68. The highest BCUT2D eigenvalue weighted by Crippen LogP contribution is 2.30. The lowest BCUT2D eigenvalue weighted by molar-refractivity contribution is 0.317. The molecular formula is C16H22N4S. The molecule has 0 spiro atoms. The minimum Gasteiger partial charge on any atom is -0.382 e. The number of anilines is 1. The highest BCUT2D eigenvalue weighted by atomic mass is 32.2. The zero-order valence-electron chi connectivity index (χ0n) is 12.4. The van der Waals surface area contributed by atoms with Crippen molar-refractivity contribution in [2.24, 2.45) is 5.92 Å². The summed E-state index contributed by atoms with van der Waals surface area (Å²) in [6.07, 6.45) is 8.22. The monoisotopic (exact) mass is 302 g/mol. The standard InChI is InChI=1S/C16H22N4S/c1-2-12-5-3-4-6-15(12)19-13-7-9-14(10-8-13)21-16-17-11-18-20-16/h7-12,15,19H,2-6H2,1H3,(H,17,18,20). The van der Waals surface area contributed by atoms with Gasteiger partial charge in [0.1, 0.15) is 6.33 Å². The van der Waals surface area contributed by atoms with Crippen LogP contribution in [0.5, 0.6) is 0 Å². The van der Waals surface area contributed by atoms with E-state index in [-0.39, 0.29) is 0 Å². The number of hydrogen-bond acceptors (Lipinski definition) is 4. The van der Waals surface area contributed by atoms with Crippen LogP contribution in [0.25, 0.3) is 0 Å². The van der Waals surface area contributed by atoms with Gasteiger partial charge in [0.25, 0.3) is 0 Å². The maximum absolute atomic E-state index is 4.13. The fourth-order valence-corrected chi connectivity index (χ4v) is 3.77. The molecule has 0 saturated heterocycles. The summed E-state index contributed by atoms with van der Waals surface area (Å²) in [7, 11) is 0. The summed E-state index contributed by atoms with van der Waals surface area (Å²) in [5, 5.41) is 11.3. The van der Waals surface area contributed by atoms with Crippen molar-refractivity contribution in [2.45, 2.75) is 55.1 Å². The summed E-state index contributed by atoms with van der Waals surface area (Å²) in [6, 6.07) is 9.25. The van der Waals surface area contributed by atoms with E-state index in [0.29, 0.717) is 6.04 Å². The third-order valence-electron chi connectivity index (χ3n) is 4.25. The van der Waals surface area contributed by atoms with Gasteiger partial charge in [-0.2, -0.15) is 5.10 Å². The highest BCUT2D eigenvalue weighted by Gasteiger charge is 2.23. The molecule has 0 aliphatic heterocycles. The summed E-state index contributed by atoms with van der Waals surface area (Å²) in [4.78, 5) is 5.30. The normalized spacial score (nSPS) is 22.1. The lowest BCUT2D eigenvalue weighted by Gasteiger charge is -2.32. The first-order valence-corrected chi connectivity index (χ1v) is 8.56. The average Bonchev–Trinajstić information content (AvgIpc) is 3.03. The van der Waals surface area contributed by atoms with Gasteiger partial charge in [0, 0.05) is 16.6 Å². The van der Waals surface area contributed by atoms with E-state index in [0.717, 1.165) is 11.1 Å². The molecule has 5 heteroatoms. The van der Waals surface area contributed by atoms with Crippen LogP contribution in [-0.4, -0.2) is 21.2 Å². The molecule has 1 fully saturated rings. The first-order valence-electron chi connectivity index (χ1n) is 7.75. The Balaban J connectivity index is 1.61. The summed E-state index contributed by atoms with van der Waals surface area (Å²) in [6.45, 7) is 2.31. The molecule has 1 saturated carbocycles. The zero-order valence-corrected chi connectivity index (χ0v) is 13.2. The Morgan fingerprint density at radius 2 is 2.05 bits per heavy atom. The lowest BCUT2D eigenvalue weighted by Crippen LogP contribution is -2.31. The molecule has 1 aliphatic rings. The van der Waals surface area contributed by atoms with Crippen molar-refractivity contribution >= 4 is 17.4 Å². The van der Waals surface area contributed by atoms with Gasteiger partial charge in [-0.15, -0.1) is 0 Å². The number of H-pyrrole nitrogens is 1. The Labute approximate surface area is 130 Å². The third kappa shape index (κ3) is 3.79. The van der Waals surface area contributed by atoms with Crippen LogP contribution in [0.1, 0.15) is 39.0 Å². The summed E-state index contributed by atoms with van der Waals surface area (Å²) in [5.74, 6) is 0.821. The van der Waals surface area contributed by atoms with E-state index in [4.69, 9.17) is 0 Å². The van der Waals surface area contributed by atoms with E-state index in [2.05, 4.69) is 51.7 Å². The predicted molar refractivity (Wildman–Crippen MR) is 86.6 cm³/mol. The van der Waals surface area contributed by atoms with Crippen LogP contribution in [0.15, 0.2) is 40.6 Å². The Bertz CT molecular complexity index is 538. The second-order valence-electron chi connectivity index (χ2n) is 5.62. The third-order valence-corrected chi connectivity index (χ3v) is 5.15. The molecule has 0 bridgehead atoms. The SMILES string of the molecule is CCC1CCCCC1Nc1ccc(Sc2ncn[nH]2)cc1. The minimum absolute atomic E-state index is 0.636. The van der Waals surface area contributed by atoms with Gasteiger partial charge in [0.05, 0.1) is 0 Å². The zero-order chi connectivity index (χ0) is 14.5. The maximum Gasteiger partial charge on any atom is 0.188 e. The number of nitrogens with zero attached hydrogens (tertiary/aromatic N) is 2. The van der Waals surface area contributed by atoms with E-state index >= 15 is 0 Å². The minimum atomic E-state index is 0.636. The van der Waals surface area contributed by atoms with E-state index in [1.54, 1.807) is 11.8 Å². The Hall–Kier alpha value is -1.49. The van der Waals surface area contributed by atoms with Gasteiger partial charge in [-0.25, -0.2) is 4.98 Å². The van der Waals surface area contributed by atoms with Crippen LogP contribution in [0.2, 0.25) is 0 Å². The second kappa shape index (κ2) is 6.98. The maximum atomic E-state index is 4.13. The van der Waals surface area contributed by atoms with E-state index in [1.807, 2.05) is 0 Å². The molecule has 2 aromatic rings. The van der Waals surface area contributed by atoms with Crippen molar-refractivity contribution < 1.29 is 0 Å². The van der Waals surface area contributed by atoms with Crippen molar-refractivity contribution in [3.8, 4) is 0 Å². The molecule has 1 heterocycles. The van der Waals surface area contributed by atoms with Crippen LogP contribution in [0.3, 0.4) is 0 Å². The van der Waals surface area contributed by atoms with Gasteiger partial charge in [0.2, 0.25) is 0 Å². The van der Waals surface area contributed by atoms with Crippen LogP contribution in [0, 0.1) is 5.92 Å². The van der Waals surface area contributed by atoms with Gasteiger partial charge in [-0.05, 0) is 43.0 Å². The van der Waals surface area contributed by atoms with Crippen molar-refractivity contribution in [1.82, 2.24) is 15.2 Å². The topological polar surface area (TPSA) is 53.6 Å². The van der Waals surface area contributed by atoms with E-state index in [9.17, 15) is 0 Å². The molecule has 2 unspecified atom stereocenters. The predicted octanol–water partition coefficient (Wildman–Crippen LogP) is 4.34. The fraction of sp³-hybridized carbons (Fsp3) is 0.500. The number of benzene rings is 1. The van der Waals surface area contributed by atoms with Crippen LogP contribution < -0.4 is 5.32 Å². The number of aromatic nitrogens is 3. The van der Waals surface area contributed by atoms with E-state index in [1.165, 1.54) is 49.0 Å². The van der Waals surface area contributed by atoms with Gasteiger partial charge in [-0.1, -0.05) is 37.9 Å². The molecule has 1 aromatic carbocycles. The molecule has 21 heavy (non-hydrogen) atoms. The quantitative estimate of drug-likeness (QED) is 0.863. The molecule has 2 N–H and O–H groups in total. The lowest BCUT2D eigenvalue weighted by atomic mass is 9.83. The van der Waals surface area contributed by atoms with Gasteiger partial charge < -0.3 is 5.32 Å². The molecule has 4 nitrogen and oxygen atoms in total. The summed E-state index contributed by atoms with van der Waals surface area (Å²) >= 11 is 1.60. The van der Waals surface area contributed by atoms with Crippen LogP contribution in [-0.2, 0) is 0 Å². The van der Waals surface area contributed by atoms with Gasteiger partial charge >= 0.3 is 0 Å². The number of hydrogen-bond donors (Lipinski definition) is 2. The Morgan fingerprint density at radius 1 is 1.24 bits per heavy atom. The molecule has 2 atom stereocenters. The number of nitrogens with one attached hydrogen (secondary N) is 2. The molecule has 3 rings (SSSR count). The largest absolute Gasteiger partial charge is 0.382 e. The molecule has 0 radical (unpaired) electrons. The molecule has 1 aromatic heterocycles.